The number of fused-ring (bicyclic) bond motifs is 2. The molecule has 314 valence electrons. The average molecular weight is 862 g/mol. The number of ether oxygens (including phenoxy) is 1. The zero-order chi connectivity index (χ0) is 43.6. The van der Waals surface area contributed by atoms with Crippen LogP contribution in [-0.2, 0) is 10.0 Å². The number of benzene rings is 4. The first-order valence-corrected chi connectivity index (χ1v) is 21.9. The number of rotatable bonds is 13. The van der Waals surface area contributed by atoms with E-state index < -0.39 is 15.9 Å². The molecule has 0 aliphatic heterocycles. The summed E-state index contributed by atoms with van der Waals surface area (Å²) in [5.74, 6) is 0.734. The van der Waals surface area contributed by atoms with Crippen molar-refractivity contribution in [3.63, 3.8) is 0 Å². The number of anilines is 5. The van der Waals surface area contributed by atoms with E-state index in [0.717, 1.165) is 50.2 Å². The molecular formula is C49H39N11O3S. The molecule has 10 rings (SSSR count). The number of pyridine rings is 2. The van der Waals surface area contributed by atoms with E-state index in [9.17, 15) is 8.42 Å². The fraction of sp³-hybridized carbons (Fsp3) is 0.0612. The monoisotopic (exact) mass is 861 g/mol. The summed E-state index contributed by atoms with van der Waals surface area (Å²) in [7, 11) is -0.962. The molecule has 1 N–H and O–H groups in total. The molecule has 64 heavy (non-hydrogen) atoms. The van der Waals surface area contributed by atoms with Crippen LogP contribution in [0.4, 0.5) is 29.0 Å². The van der Waals surface area contributed by atoms with Crippen molar-refractivity contribution in [3.05, 3.63) is 183 Å². The van der Waals surface area contributed by atoms with Gasteiger partial charge in [-0.05, 0) is 101 Å². The summed E-state index contributed by atoms with van der Waals surface area (Å²) in [4.78, 5) is 19.4. The second-order valence-corrected chi connectivity index (χ2v) is 16.8. The highest BCUT2D eigenvalue weighted by atomic mass is 32.2. The molecule has 0 saturated carbocycles. The lowest BCUT2D eigenvalue weighted by atomic mass is 10.1. The van der Waals surface area contributed by atoms with E-state index in [1.807, 2.05) is 146 Å². The molecule has 0 bridgehead atoms. The quantitative estimate of drug-likeness (QED) is 0.118. The number of para-hydroxylation sites is 2. The molecule has 10 aromatic rings. The van der Waals surface area contributed by atoms with Crippen LogP contribution in [0, 0.1) is 0 Å². The Labute approximate surface area is 368 Å². The molecule has 0 amide bonds. The van der Waals surface area contributed by atoms with Crippen LogP contribution >= 0.6 is 0 Å². The lowest BCUT2D eigenvalue weighted by Gasteiger charge is -2.28. The predicted octanol–water partition coefficient (Wildman–Crippen LogP) is 9.54. The van der Waals surface area contributed by atoms with Crippen LogP contribution in [0.15, 0.2) is 183 Å². The normalized spacial score (nSPS) is 11.5. The van der Waals surface area contributed by atoms with Gasteiger partial charge in [0, 0.05) is 54.3 Å². The molecule has 4 aromatic carbocycles. The Morgan fingerprint density at radius 3 is 1.84 bits per heavy atom. The highest BCUT2D eigenvalue weighted by Crippen LogP contribution is 2.36. The number of nitrogens with zero attached hydrogens (tertiary/aromatic N) is 10. The highest BCUT2D eigenvalue weighted by Gasteiger charge is 2.28. The SMILES string of the molecule is COc1ccccc1-c1ccc2cnc(N(CS(=O)(=O)N(C)c3ccccc3-c3ccc4cnc(Nc5ccc(-c6cccnc6)cc5)nn34)c3ccc(-c4cccnc4)cc3)nn12. The Balaban J connectivity index is 0.990. The van der Waals surface area contributed by atoms with Crippen LogP contribution < -0.4 is 19.3 Å². The van der Waals surface area contributed by atoms with E-state index >= 15 is 0 Å². The van der Waals surface area contributed by atoms with E-state index in [4.69, 9.17) is 19.9 Å². The van der Waals surface area contributed by atoms with Gasteiger partial charge in [0.25, 0.3) is 10.0 Å². The minimum atomic E-state index is -4.14. The van der Waals surface area contributed by atoms with E-state index in [0.29, 0.717) is 34.3 Å². The Morgan fingerprint density at radius 2 is 1.19 bits per heavy atom. The summed E-state index contributed by atoms with van der Waals surface area (Å²) in [6.45, 7) is 0. The van der Waals surface area contributed by atoms with Gasteiger partial charge in [0.15, 0.2) is 0 Å². The van der Waals surface area contributed by atoms with Gasteiger partial charge in [-0.3, -0.25) is 19.2 Å². The lowest BCUT2D eigenvalue weighted by molar-refractivity contribution is 0.416. The van der Waals surface area contributed by atoms with E-state index in [2.05, 4.69) is 20.3 Å². The first kappa shape index (κ1) is 39.7. The maximum absolute atomic E-state index is 14.9. The molecule has 0 aliphatic rings. The number of hydrogen-bond donors (Lipinski definition) is 1. The smallest absolute Gasteiger partial charge is 0.253 e. The Morgan fingerprint density at radius 1 is 0.594 bits per heavy atom. The summed E-state index contributed by atoms with van der Waals surface area (Å²) < 4.78 is 40.2. The molecule has 6 aromatic heterocycles. The molecule has 14 nitrogen and oxygen atoms in total. The van der Waals surface area contributed by atoms with Gasteiger partial charge >= 0.3 is 0 Å². The summed E-state index contributed by atoms with van der Waals surface area (Å²) in [6.07, 6.45) is 10.5. The summed E-state index contributed by atoms with van der Waals surface area (Å²) in [5.41, 5.74) is 10.1. The van der Waals surface area contributed by atoms with Gasteiger partial charge in [-0.2, -0.15) is 0 Å². The van der Waals surface area contributed by atoms with E-state index in [1.165, 1.54) is 4.31 Å². The van der Waals surface area contributed by atoms with Gasteiger partial charge in [-0.25, -0.2) is 27.4 Å². The Bertz CT molecular complexity index is 3360. The summed E-state index contributed by atoms with van der Waals surface area (Å²) >= 11 is 0. The summed E-state index contributed by atoms with van der Waals surface area (Å²) in [5, 5.41) is 13.1. The third-order valence-electron chi connectivity index (χ3n) is 10.9. The minimum absolute atomic E-state index is 0.181. The lowest BCUT2D eigenvalue weighted by Crippen LogP contribution is -2.37. The molecule has 6 heterocycles. The van der Waals surface area contributed by atoms with Crippen LogP contribution in [0.1, 0.15) is 0 Å². The third kappa shape index (κ3) is 7.71. The summed E-state index contributed by atoms with van der Waals surface area (Å²) in [6, 6.07) is 46.0. The maximum Gasteiger partial charge on any atom is 0.253 e. The number of methoxy groups -OCH3 is 1. The van der Waals surface area contributed by atoms with E-state index in [-0.39, 0.29) is 5.95 Å². The molecule has 0 fully saturated rings. The Hall–Kier alpha value is -8.43. The standard InChI is InChI=1S/C49H39N11O3S/c1-57(44-13-5-3-11-42(44)45-25-23-40-31-52-48(55-59(40)45)54-38-19-15-34(16-20-38)36-9-7-27-50-29-36)64(61,62)33-58(39-21-17-35(18-22-39)37-10-8-28-51-30-37)49-53-32-41-24-26-46(60(41)56-49)43-12-4-6-14-47(43)63-2/h3-32H,33H2,1-2H3,(H,54,55). The van der Waals surface area contributed by atoms with Crippen LogP contribution in [0.2, 0.25) is 0 Å². The van der Waals surface area contributed by atoms with Crippen LogP contribution in [0.3, 0.4) is 0 Å². The second-order valence-electron chi connectivity index (χ2n) is 14.8. The van der Waals surface area contributed by atoms with Crippen molar-refractivity contribution in [1.82, 2.24) is 39.2 Å². The molecule has 0 saturated heterocycles. The highest BCUT2D eigenvalue weighted by molar-refractivity contribution is 7.92. The van der Waals surface area contributed by atoms with Gasteiger partial charge in [0.05, 0.1) is 47.6 Å². The molecule has 15 heteroatoms. The number of sulfonamides is 1. The third-order valence-corrected chi connectivity index (χ3v) is 12.6. The van der Waals surface area contributed by atoms with Crippen LogP contribution in [-0.4, -0.2) is 67.6 Å². The molecule has 0 unspecified atom stereocenters. The van der Waals surface area contributed by atoms with Gasteiger partial charge in [-0.15, -0.1) is 10.2 Å². The largest absolute Gasteiger partial charge is 0.496 e. The minimum Gasteiger partial charge on any atom is -0.496 e. The van der Waals surface area contributed by atoms with Gasteiger partial charge in [0.2, 0.25) is 11.9 Å². The van der Waals surface area contributed by atoms with E-state index in [1.54, 1.807) is 65.1 Å². The molecule has 0 aliphatic carbocycles. The van der Waals surface area contributed by atoms with Crippen LogP contribution in [0.5, 0.6) is 5.75 Å². The van der Waals surface area contributed by atoms with Gasteiger partial charge in [0.1, 0.15) is 11.6 Å². The first-order valence-electron chi connectivity index (χ1n) is 20.3. The molecular weight excluding hydrogens is 823 g/mol. The van der Waals surface area contributed by atoms with Crippen molar-refractivity contribution < 1.29 is 13.2 Å². The second kappa shape index (κ2) is 16.8. The molecule has 0 radical (unpaired) electrons. The number of hydrogen-bond acceptors (Lipinski definition) is 11. The maximum atomic E-state index is 14.9. The predicted molar refractivity (Wildman–Crippen MR) is 250 cm³/mol. The first-order chi connectivity index (χ1) is 31.3. The zero-order valence-corrected chi connectivity index (χ0v) is 35.4. The average Bonchev–Trinajstić information content (AvgIpc) is 3.98. The fourth-order valence-corrected chi connectivity index (χ4v) is 8.85. The topological polar surface area (TPSA) is 148 Å². The van der Waals surface area contributed by atoms with Gasteiger partial charge < -0.3 is 10.1 Å². The van der Waals surface area contributed by atoms with Crippen molar-refractivity contribution in [2.24, 2.45) is 0 Å². The number of aromatic nitrogens is 8. The van der Waals surface area contributed by atoms with Crippen molar-refractivity contribution in [1.29, 1.82) is 0 Å². The zero-order valence-electron chi connectivity index (χ0n) is 34.6. The molecule has 0 atom stereocenters. The van der Waals surface area contributed by atoms with Crippen molar-refractivity contribution >= 4 is 50.0 Å². The Kier molecular flexibility index (Phi) is 10.4. The van der Waals surface area contributed by atoms with Gasteiger partial charge in [-0.1, -0.05) is 66.7 Å². The van der Waals surface area contributed by atoms with Crippen molar-refractivity contribution in [3.8, 4) is 50.5 Å². The van der Waals surface area contributed by atoms with Crippen molar-refractivity contribution in [2.45, 2.75) is 0 Å². The van der Waals surface area contributed by atoms with Crippen molar-refractivity contribution in [2.75, 3.05) is 34.6 Å². The van der Waals surface area contributed by atoms with Crippen LogP contribution in [0.25, 0.3) is 55.8 Å². The fourth-order valence-electron chi connectivity index (χ4n) is 7.63. The number of nitrogens with one attached hydrogen (secondary N) is 1. The molecule has 0 spiro atoms.